The highest BCUT2D eigenvalue weighted by Crippen LogP contribution is 2.31. The minimum Gasteiger partial charge on any atom is -0.384 e. The Bertz CT molecular complexity index is 602. The Hall–Kier alpha value is -1.26. The molecule has 0 saturated carbocycles. The fraction of sp³-hybridized carbons (Fsp3) is 0.267. The van der Waals surface area contributed by atoms with Crippen molar-refractivity contribution in [1.29, 1.82) is 0 Å². The predicted octanol–water partition coefficient (Wildman–Crippen LogP) is 5.37. The number of nitrogens with zero attached hydrogens (tertiary/aromatic N) is 1. The van der Waals surface area contributed by atoms with Crippen molar-refractivity contribution in [2.75, 3.05) is 17.2 Å². The van der Waals surface area contributed by atoms with Gasteiger partial charge in [-0.05, 0) is 53.0 Å². The number of halogens is 2. The van der Waals surface area contributed by atoms with E-state index in [1.807, 2.05) is 31.3 Å². The molecule has 0 aliphatic rings. The van der Waals surface area contributed by atoms with Crippen LogP contribution in [0.1, 0.15) is 18.9 Å². The fourth-order valence-corrected chi connectivity index (χ4v) is 2.49. The fourth-order valence-electron chi connectivity index (χ4n) is 1.77. The van der Waals surface area contributed by atoms with Crippen LogP contribution in [0.4, 0.5) is 17.1 Å². The van der Waals surface area contributed by atoms with Crippen molar-refractivity contribution in [2.45, 2.75) is 20.3 Å². The van der Waals surface area contributed by atoms with Gasteiger partial charge in [0.15, 0.2) is 0 Å². The Morgan fingerprint density at radius 3 is 2.70 bits per heavy atom. The molecule has 2 N–H and O–H groups in total. The van der Waals surface area contributed by atoms with Crippen molar-refractivity contribution in [3.63, 3.8) is 0 Å². The predicted molar refractivity (Wildman–Crippen MR) is 90.2 cm³/mol. The third-order valence-electron chi connectivity index (χ3n) is 2.84. The van der Waals surface area contributed by atoms with Gasteiger partial charge in [-0.25, -0.2) is 0 Å². The number of benzene rings is 1. The molecule has 5 heteroatoms. The van der Waals surface area contributed by atoms with Crippen LogP contribution in [0.5, 0.6) is 0 Å². The summed E-state index contributed by atoms with van der Waals surface area (Å²) in [5, 5.41) is 7.38. The SMILES string of the molecule is CCCNc1cncc(Nc2cc(Cl)c(C)cc2Br)c1. The Morgan fingerprint density at radius 2 is 1.95 bits per heavy atom. The number of hydrogen-bond acceptors (Lipinski definition) is 3. The number of aromatic nitrogens is 1. The van der Waals surface area contributed by atoms with Gasteiger partial charge in [0.05, 0.1) is 29.5 Å². The summed E-state index contributed by atoms with van der Waals surface area (Å²) in [6.07, 6.45) is 4.69. The topological polar surface area (TPSA) is 37.0 Å². The van der Waals surface area contributed by atoms with E-state index in [9.17, 15) is 0 Å². The van der Waals surface area contributed by atoms with Crippen LogP contribution in [0.3, 0.4) is 0 Å². The molecule has 0 unspecified atom stereocenters. The van der Waals surface area contributed by atoms with E-state index in [2.05, 4.69) is 38.5 Å². The minimum atomic E-state index is 0.740. The first-order chi connectivity index (χ1) is 9.60. The lowest BCUT2D eigenvalue weighted by atomic mass is 10.2. The van der Waals surface area contributed by atoms with Crippen LogP contribution in [-0.4, -0.2) is 11.5 Å². The molecule has 106 valence electrons. The van der Waals surface area contributed by atoms with Crippen LogP contribution in [0.15, 0.2) is 35.1 Å². The molecule has 20 heavy (non-hydrogen) atoms. The van der Waals surface area contributed by atoms with Gasteiger partial charge in [0.25, 0.3) is 0 Å². The number of rotatable bonds is 5. The zero-order valence-corrected chi connectivity index (χ0v) is 13.8. The van der Waals surface area contributed by atoms with E-state index in [1.165, 1.54) is 0 Å². The normalized spacial score (nSPS) is 10.4. The molecule has 1 aromatic carbocycles. The lowest BCUT2D eigenvalue weighted by Crippen LogP contribution is -2.01. The molecule has 0 saturated heterocycles. The highest BCUT2D eigenvalue weighted by atomic mass is 79.9. The standard InChI is InChI=1S/C15H17BrClN3/c1-3-4-19-11-6-12(9-18-8-11)20-15-7-14(17)10(2)5-13(15)16/h5-9,19-20H,3-4H2,1-2H3. The van der Waals surface area contributed by atoms with Crippen LogP contribution in [0.2, 0.25) is 5.02 Å². The van der Waals surface area contributed by atoms with Gasteiger partial charge in [0.2, 0.25) is 0 Å². The number of anilines is 3. The monoisotopic (exact) mass is 353 g/mol. The highest BCUT2D eigenvalue weighted by Gasteiger charge is 2.05. The van der Waals surface area contributed by atoms with Crippen molar-refractivity contribution in [3.8, 4) is 0 Å². The van der Waals surface area contributed by atoms with Gasteiger partial charge >= 0.3 is 0 Å². The number of aryl methyl sites for hydroxylation is 1. The summed E-state index contributed by atoms with van der Waals surface area (Å²) >= 11 is 9.71. The van der Waals surface area contributed by atoms with Crippen molar-refractivity contribution < 1.29 is 0 Å². The molecule has 0 fully saturated rings. The Kier molecular flexibility index (Phi) is 5.26. The summed E-state index contributed by atoms with van der Waals surface area (Å²) in [7, 11) is 0. The van der Waals surface area contributed by atoms with Crippen molar-refractivity contribution in [3.05, 3.63) is 45.7 Å². The van der Waals surface area contributed by atoms with E-state index < -0.39 is 0 Å². The van der Waals surface area contributed by atoms with Gasteiger partial charge in [-0.15, -0.1) is 0 Å². The lowest BCUT2D eigenvalue weighted by Gasteiger charge is -2.12. The molecule has 0 aliphatic heterocycles. The Labute approximate surface area is 132 Å². The molecule has 0 radical (unpaired) electrons. The smallest absolute Gasteiger partial charge is 0.0591 e. The summed E-state index contributed by atoms with van der Waals surface area (Å²) in [5.41, 5.74) is 3.90. The molecule has 1 heterocycles. The minimum absolute atomic E-state index is 0.740. The zero-order valence-electron chi connectivity index (χ0n) is 11.5. The molecule has 0 bridgehead atoms. The van der Waals surface area contributed by atoms with E-state index >= 15 is 0 Å². The summed E-state index contributed by atoms with van der Waals surface area (Å²) in [6, 6.07) is 5.94. The van der Waals surface area contributed by atoms with Crippen LogP contribution in [-0.2, 0) is 0 Å². The molecular weight excluding hydrogens is 338 g/mol. The highest BCUT2D eigenvalue weighted by molar-refractivity contribution is 9.10. The third kappa shape index (κ3) is 3.87. The second kappa shape index (κ2) is 6.95. The number of pyridine rings is 1. The van der Waals surface area contributed by atoms with Crippen molar-refractivity contribution >= 4 is 44.6 Å². The Balaban J connectivity index is 2.19. The van der Waals surface area contributed by atoms with Crippen LogP contribution in [0, 0.1) is 6.92 Å². The van der Waals surface area contributed by atoms with Gasteiger partial charge in [-0.1, -0.05) is 18.5 Å². The average molecular weight is 355 g/mol. The molecule has 0 spiro atoms. The molecule has 2 aromatic rings. The first-order valence-corrected chi connectivity index (χ1v) is 7.69. The number of nitrogens with one attached hydrogen (secondary N) is 2. The molecule has 0 amide bonds. The third-order valence-corrected chi connectivity index (χ3v) is 3.91. The molecule has 0 atom stereocenters. The van der Waals surface area contributed by atoms with Gasteiger partial charge in [-0.3, -0.25) is 4.98 Å². The van der Waals surface area contributed by atoms with E-state index in [0.717, 1.165) is 45.1 Å². The molecule has 3 nitrogen and oxygen atoms in total. The van der Waals surface area contributed by atoms with Gasteiger partial charge in [0.1, 0.15) is 0 Å². The molecule has 1 aromatic heterocycles. The Morgan fingerprint density at radius 1 is 1.20 bits per heavy atom. The summed E-state index contributed by atoms with van der Waals surface area (Å²) in [4.78, 5) is 4.23. The van der Waals surface area contributed by atoms with Gasteiger partial charge in [0, 0.05) is 16.0 Å². The summed E-state index contributed by atoms with van der Waals surface area (Å²) in [6.45, 7) is 5.05. The van der Waals surface area contributed by atoms with E-state index in [0.29, 0.717) is 0 Å². The largest absolute Gasteiger partial charge is 0.384 e. The van der Waals surface area contributed by atoms with Gasteiger partial charge < -0.3 is 10.6 Å². The second-order valence-corrected chi connectivity index (χ2v) is 5.86. The van der Waals surface area contributed by atoms with Crippen LogP contribution < -0.4 is 10.6 Å². The zero-order chi connectivity index (χ0) is 14.5. The van der Waals surface area contributed by atoms with E-state index in [1.54, 1.807) is 6.20 Å². The molecule has 2 rings (SSSR count). The summed E-state index contributed by atoms with van der Waals surface area (Å²) < 4.78 is 0.978. The van der Waals surface area contributed by atoms with Crippen molar-refractivity contribution in [1.82, 2.24) is 4.98 Å². The lowest BCUT2D eigenvalue weighted by molar-refractivity contribution is 0.978. The molecule has 0 aliphatic carbocycles. The van der Waals surface area contributed by atoms with E-state index in [-0.39, 0.29) is 0 Å². The van der Waals surface area contributed by atoms with Gasteiger partial charge in [-0.2, -0.15) is 0 Å². The van der Waals surface area contributed by atoms with Crippen LogP contribution in [0.25, 0.3) is 0 Å². The number of hydrogen-bond donors (Lipinski definition) is 2. The molecular formula is C15H17BrClN3. The van der Waals surface area contributed by atoms with Crippen molar-refractivity contribution in [2.24, 2.45) is 0 Å². The maximum atomic E-state index is 6.16. The summed E-state index contributed by atoms with van der Waals surface area (Å²) in [5.74, 6) is 0. The second-order valence-electron chi connectivity index (χ2n) is 4.60. The van der Waals surface area contributed by atoms with E-state index in [4.69, 9.17) is 11.6 Å². The average Bonchev–Trinajstić information content (AvgIpc) is 2.43. The maximum absolute atomic E-state index is 6.16. The first-order valence-electron chi connectivity index (χ1n) is 6.51. The van der Waals surface area contributed by atoms with Crippen LogP contribution >= 0.6 is 27.5 Å². The maximum Gasteiger partial charge on any atom is 0.0591 e. The first kappa shape index (κ1) is 15.1. The quantitative estimate of drug-likeness (QED) is 0.757.